The van der Waals surface area contributed by atoms with Crippen LogP contribution in [-0.4, -0.2) is 46.9 Å². The first-order valence-corrected chi connectivity index (χ1v) is 10.2. The highest BCUT2D eigenvalue weighted by Crippen LogP contribution is 2.35. The van der Waals surface area contributed by atoms with Gasteiger partial charge in [0, 0.05) is 29.6 Å². The zero-order valence-electron chi connectivity index (χ0n) is 16.8. The van der Waals surface area contributed by atoms with E-state index in [-0.39, 0.29) is 17.7 Å². The average molecular weight is 459 g/mol. The van der Waals surface area contributed by atoms with Crippen molar-refractivity contribution in [2.45, 2.75) is 12.5 Å². The predicted molar refractivity (Wildman–Crippen MR) is 119 cm³/mol. The lowest BCUT2D eigenvalue weighted by atomic mass is 10.1. The average Bonchev–Trinajstić information content (AvgIpc) is 3.29. The molecule has 4 rings (SSSR count). The van der Waals surface area contributed by atoms with E-state index in [9.17, 15) is 9.18 Å². The lowest BCUT2D eigenvalue weighted by Crippen LogP contribution is -2.18. The van der Waals surface area contributed by atoms with Crippen LogP contribution in [0.5, 0.6) is 5.75 Å². The number of nitrogens with zero attached hydrogens (tertiary/aromatic N) is 2. The Morgan fingerprint density at radius 1 is 1.34 bits per heavy atom. The number of halogens is 2. The summed E-state index contributed by atoms with van der Waals surface area (Å²) in [4.78, 5) is 20.8. The molecule has 1 amide bonds. The topological polar surface area (TPSA) is 106 Å². The quantitative estimate of drug-likeness (QED) is 0.462. The second-order valence-corrected chi connectivity index (χ2v) is 7.43. The van der Waals surface area contributed by atoms with Gasteiger partial charge in [-0.3, -0.25) is 4.79 Å². The number of carbonyl (C=O) groups excluding carboxylic acids is 1. The van der Waals surface area contributed by atoms with Crippen LogP contribution in [0.1, 0.15) is 6.42 Å². The van der Waals surface area contributed by atoms with Crippen molar-refractivity contribution >= 4 is 45.6 Å². The Morgan fingerprint density at radius 2 is 2.22 bits per heavy atom. The third kappa shape index (κ3) is 5.13. The third-order valence-electron chi connectivity index (χ3n) is 4.73. The summed E-state index contributed by atoms with van der Waals surface area (Å²) in [6.07, 6.45) is 4.54. The minimum Gasteiger partial charge on any atom is -0.486 e. The number of rotatable bonds is 7. The first-order valence-electron chi connectivity index (χ1n) is 9.87. The number of hydrogen-bond donors (Lipinski definition) is 3. The molecule has 1 aliphatic heterocycles. The molecule has 0 saturated carbocycles. The summed E-state index contributed by atoms with van der Waals surface area (Å²) in [5, 5.41) is 15.4. The van der Waals surface area contributed by atoms with Crippen molar-refractivity contribution in [1.82, 2.24) is 9.97 Å². The monoisotopic (exact) mass is 458 g/mol. The molecule has 3 N–H and O–H groups in total. The Bertz CT molecular complexity index is 1170. The molecule has 32 heavy (non-hydrogen) atoms. The molecule has 166 valence electrons. The zero-order valence-corrected chi connectivity index (χ0v) is 17.6. The first kappa shape index (κ1) is 21.9. The van der Waals surface area contributed by atoms with Gasteiger partial charge in [-0.25, -0.2) is 14.4 Å². The third-order valence-corrected chi connectivity index (χ3v) is 5.02. The van der Waals surface area contributed by atoms with E-state index in [0.29, 0.717) is 47.1 Å². The molecule has 0 radical (unpaired) electrons. The summed E-state index contributed by atoms with van der Waals surface area (Å²) < 4.78 is 24.9. The Kier molecular flexibility index (Phi) is 6.79. The fourth-order valence-corrected chi connectivity index (χ4v) is 3.39. The molecule has 10 heteroatoms. The molecule has 0 bridgehead atoms. The summed E-state index contributed by atoms with van der Waals surface area (Å²) in [7, 11) is 0. The summed E-state index contributed by atoms with van der Waals surface area (Å²) in [6.45, 7) is 0.809. The van der Waals surface area contributed by atoms with Crippen LogP contribution in [0.3, 0.4) is 0 Å². The van der Waals surface area contributed by atoms with Gasteiger partial charge in [-0.1, -0.05) is 17.7 Å². The van der Waals surface area contributed by atoms with E-state index in [1.807, 2.05) is 0 Å². The molecule has 1 fully saturated rings. The van der Waals surface area contributed by atoms with Gasteiger partial charge in [0.25, 0.3) is 0 Å². The Balaban J connectivity index is 1.72. The van der Waals surface area contributed by atoms with Crippen molar-refractivity contribution in [1.29, 1.82) is 0 Å². The maximum Gasteiger partial charge on any atom is 0.248 e. The summed E-state index contributed by atoms with van der Waals surface area (Å²) in [5.41, 5.74) is 1.52. The number of ether oxygens (including phenoxy) is 2. The lowest BCUT2D eigenvalue weighted by molar-refractivity contribution is -0.112. The predicted octanol–water partition coefficient (Wildman–Crippen LogP) is 3.82. The van der Waals surface area contributed by atoms with Crippen molar-refractivity contribution in [3.63, 3.8) is 0 Å². The van der Waals surface area contributed by atoms with Gasteiger partial charge in [-0.2, -0.15) is 0 Å². The molecular formula is C22H20ClFN4O4. The maximum absolute atomic E-state index is 13.5. The smallest absolute Gasteiger partial charge is 0.248 e. The number of aromatic nitrogens is 2. The van der Waals surface area contributed by atoms with E-state index >= 15 is 0 Å². The summed E-state index contributed by atoms with van der Waals surface area (Å²) in [5.74, 6) is -0.0750. The minimum atomic E-state index is -0.525. The molecule has 1 aliphatic rings. The van der Waals surface area contributed by atoms with Gasteiger partial charge in [-0.15, -0.1) is 0 Å². The highest BCUT2D eigenvalue weighted by Gasteiger charge is 2.20. The number of nitrogens with one attached hydrogen (secondary N) is 2. The van der Waals surface area contributed by atoms with Crippen LogP contribution in [0.2, 0.25) is 5.02 Å². The molecule has 0 aliphatic carbocycles. The van der Waals surface area contributed by atoms with Crippen molar-refractivity contribution in [3.8, 4) is 5.75 Å². The standard InChI is InChI=1S/C22H20ClFN4O4/c23-16-8-13(3-4-17(16)24)27-22-15-9-19(28-21(30)2-1-6-29)20(10-18(15)25-12-26-22)32-14-5-7-31-11-14/h1-4,8-10,12,14,29H,5-7,11H2,(H,28,30)(H,25,26,27)/b2-1+/t14-/m0/s1. The van der Waals surface area contributed by atoms with E-state index < -0.39 is 11.7 Å². The first-order chi connectivity index (χ1) is 15.5. The largest absolute Gasteiger partial charge is 0.486 e. The Labute approximate surface area is 188 Å². The van der Waals surface area contributed by atoms with Crippen LogP contribution in [-0.2, 0) is 9.53 Å². The molecular weight excluding hydrogens is 439 g/mol. The summed E-state index contributed by atoms with van der Waals surface area (Å²) >= 11 is 5.88. The number of benzene rings is 2. The molecule has 0 unspecified atom stereocenters. The fourth-order valence-electron chi connectivity index (χ4n) is 3.21. The lowest BCUT2D eigenvalue weighted by Gasteiger charge is -2.17. The van der Waals surface area contributed by atoms with Crippen LogP contribution in [0.25, 0.3) is 10.9 Å². The van der Waals surface area contributed by atoms with Gasteiger partial charge in [0.15, 0.2) is 0 Å². The van der Waals surface area contributed by atoms with Crippen LogP contribution in [0.4, 0.5) is 21.6 Å². The van der Waals surface area contributed by atoms with Gasteiger partial charge < -0.3 is 25.2 Å². The van der Waals surface area contributed by atoms with E-state index in [1.54, 1.807) is 12.1 Å². The molecule has 1 saturated heterocycles. The molecule has 2 heterocycles. The van der Waals surface area contributed by atoms with Crippen LogP contribution < -0.4 is 15.4 Å². The van der Waals surface area contributed by atoms with E-state index in [1.165, 1.54) is 36.7 Å². The second kappa shape index (κ2) is 9.90. The van der Waals surface area contributed by atoms with Gasteiger partial charge >= 0.3 is 0 Å². The van der Waals surface area contributed by atoms with Gasteiger partial charge in [0.2, 0.25) is 5.91 Å². The normalized spacial score (nSPS) is 15.9. The number of carbonyl (C=O) groups is 1. The highest BCUT2D eigenvalue weighted by molar-refractivity contribution is 6.31. The Morgan fingerprint density at radius 3 is 2.97 bits per heavy atom. The molecule has 0 spiro atoms. The number of anilines is 3. The fraction of sp³-hybridized carbons (Fsp3) is 0.227. The van der Waals surface area contributed by atoms with E-state index in [4.69, 9.17) is 26.2 Å². The van der Waals surface area contributed by atoms with Gasteiger partial charge in [-0.05, 0) is 24.3 Å². The number of aliphatic hydroxyl groups excluding tert-OH is 1. The van der Waals surface area contributed by atoms with Crippen LogP contribution in [0.15, 0.2) is 48.8 Å². The second-order valence-electron chi connectivity index (χ2n) is 7.02. The molecule has 8 nitrogen and oxygen atoms in total. The number of aliphatic hydroxyl groups is 1. The summed E-state index contributed by atoms with van der Waals surface area (Å²) in [6, 6.07) is 7.64. The molecule has 3 aromatic rings. The number of hydrogen-bond acceptors (Lipinski definition) is 7. The molecule has 1 aromatic heterocycles. The zero-order chi connectivity index (χ0) is 22.5. The van der Waals surface area contributed by atoms with E-state index in [0.717, 1.165) is 6.42 Å². The highest BCUT2D eigenvalue weighted by atomic mass is 35.5. The van der Waals surface area contributed by atoms with Gasteiger partial charge in [0.1, 0.15) is 29.8 Å². The maximum atomic E-state index is 13.5. The SMILES string of the molecule is O=C(/C=C/CO)Nc1cc2c(Nc3ccc(F)c(Cl)c3)ncnc2cc1O[C@H]1CCOC1. The van der Waals surface area contributed by atoms with Crippen molar-refractivity contribution in [2.24, 2.45) is 0 Å². The van der Waals surface area contributed by atoms with Crippen molar-refractivity contribution in [2.75, 3.05) is 30.5 Å². The number of amides is 1. The van der Waals surface area contributed by atoms with E-state index in [2.05, 4.69) is 20.6 Å². The van der Waals surface area contributed by atoms with Crippen molar-refractivity contribution in [3.05, 3.63) is 59.7 Å². The molecule has 2 aromatic carbocycles. The van der Waals surface area contributed by atoms with Crippen LogP contribution >= 0.6 is 11.6 Å². The minimum absolute atomic E-state index is 0.0218. The van der Waals surface area contributed by atoms with Crippen molar-refractivity contribution < 1.29 is 23.8 Å². The van der Waals surface area contributed by atoms with Crippen LogP contribution in [0, 0.1) is 5.82 Å². The van der Waals surface area contributed by atoms with Gasteiger partial charge in [0.05, 0.1) is 36.0 Å². The number of fused-ring (bicyclic) bond motifs is 1. The molecule has 1 atom stereocenters. The Hall–Kier alpha value is -3.27.